The van der Waals surface area contributed by atoms with Crippen LogP contribution in [0.4, 0.5) is 0 Å². The van der Waals surface area contributed by atoms with E-state index in [1.165, 1.54) is 6.26 Å². The van der Waals surface area contributed by atoms with Gasteiger partial charge in [-0.1, -0.05) is 13.8 Å². The normalized spacial score (nSPS) is 23.7. The summed E-state index contributed by atoms with van der Waals surface area (Å²) in [7, 11) is 0. The molecular formula is C19H29N3O4S. The zero-order valence-electron chi connectivity index (χ0n) is 16.1. The van der Waals surface area contributed by atoms with Crippen molar-refractivity contribution in [1.82, 2.24) is 15.1 Å². The van der Waals surface area contributed by atoms with Crippen LogP contribution in [0.1, 0.15) is 30.8 Å². The molecule has 0 saturated carbocycles. The molecule has 8 heteroatoms. The third kappa shape index (κ3) is 5.27. The summed E-state index contributed by atoms with van der Waals surface area (Å²) in [5.41, 5.74) is 0. The van der Waals surface area contributed by atoms with E-state index in [4.69, 9.17) is 9.15 Å². The number of nitrogens with one attached hydrogen (secondary N) is 1. The third-order valence-corrected chi connectivity index (χ3v) is 6.18. The molecule has 7 nitrogen and oxygen atoms in total. The van der Waals surface area contributed by atoms with Crippen LogP contribution < -0.4 is 5.32 Å². The summed E-state index contributed by atoms with van der Waals surface area (Å²) in [6.07, 6.45) is 2.35. The van der Waals surface area contributed by atoms with E-state index >= 15 is 0 Å². The lowest BCUT2D eigenvalue weighted by Gasteiger charge is -2.30. The van der Waals surface area contributed by atoms with Crippen molar-refractivity contribution in [2.24, 2.45) is 5.92 Å². The molecule has 2 aliphatic rings. The minimum atomic E-state index is -0.457. The molecule has 0 bridgehead atoms. The molecule has 150 valence electrons. The van der Waals surface area contributed by atoms with E-state index in [0.29, 0.717) is 18.2 Å². The zero-order valence-corrected chi connectivity index (χ0v) is 16.9. The first-order valence-electron chi connectivity index (χ1n) is 9.62. The number of amides is 2. The van der Waals surface area contributed by atoms with Crippen molar-refractivity contribution in [3.63, 3.8) is 0 Å². The lowest BCUT2D eigenvalue weighted by Crippen LogP contribution is -2.51. The van der Waals surface area contributed by atoms with E-state index < -0.39 is 6.04 Å². The number of hydrogen-bond donors (Lipinski definition) is 1. The van der Waals surface area contributed by atoms with Gasteiger partial charge in [-0.15, -0.1) is 11.8 Å². The van der Waals surface area contributed by atoms with Crippen LogP contribution in [0.25, 0.3) is 0 Å². The van der Waals surface area contributed by atoms with Gasteiger partial charge in [-0.3, -0.25) is 14.5 Å². The van der Waals surface area contributed by atoms with E-state index in [9.17, 15) is 9.59 Å². The van der Waals surface area contributed by atoms with Crippen LogP contribution in [0, 0.1) is 5.92 Å². The van der Waals surface area contributed by atoms with Gasteiger partial charge in [0.15, 0.2) is 5.76 Å². The Morgan fingerprint density at radius 3 is 2.78 bits per heavy atom. The number of carbonyl (C=O) groups excluding carboxylic acids is 2. The fourth-order valence-electron chi connectivity index (χ4n) is 3.43. The highest BCUT2D eigenvalue weighted by Gasteiger charge is 2.42. The largest absolute Gasteiger partial charge is 0.459 e. The predicted molar refractivity (Wildman–Crippen MR) is 105 cm³/mol. The molecule has 2 saturated heterocycles. The maximum Gasteiger partial charge on any atom is 0.291 e. The van der Waals surface area contributed by atoms with Gasteiger partial charge < -0.3 is 19.4 Å². The molecule has 1 aromatic rings. The molecule has 2 amide bonds. The molecule has 0 aliphatic carbocycles. The molecule has 2 fully saturated rings. The van der Waals surface area contributed by atoms with Crippen LogP contribution in [0.5, 0.6) is 0 Å². The quantitative estimate of drug-likeness (QED) is 0.757. The Kier molecular flexibility index (Phi) is 7.20. The monoisotopic (exact) mass is 395 g/mol. The van der Waals surface area contributed by atoms with Gasteiger partial charge in [-0.25, -0.2) is 0 Å². The SMILES string of the molecule is CC(C)CC1SCC(C(=O)NCCN2CCOCC2)N1C(=O)c1ccco1. The number of nitrogens with zero attached hydrogens (tertiary/aromatic N) is 2. The molecule has 1 N–H and O–H groups in total. The Morgan fingerprint density at radius 1 is 1.33 bits per heavy atom. The Morgan fingerprint density at radius 2 is 2.11 bits per heavy atom. The number of furan rings is 1. The van der Waals surface area contributed by atoms with E-state index in [0.717, 1.165) is 39.3 Å². The second-order valence-electron chi connectivity index (χ2n) is 7.37. The van der Waals surface area contributed by atoms with Gasteiger partial charge in [-0.2, -0.15) is 0 Å². The van der Waals surface area contributed by atoms with Gasteiger partial charge in [0.2, 0.25) is 5.91 Å². The predicted octanol–water partition coefficient (Wildman–Crippen LogP) is 1.66. The number of ether oxygens (including phenoxy) is 1. The van der Waals surface area contributed by atoms with Crippen LogP contribution in [-0.2, 0) is 9.53 Å². The third-order valence-electron chi connectivity index (χ3n) is 4.87. The molecular weight excluding hydrogens is 366 g/mol. The molecule has 2 atom stereocenters. The zero-order chi connectivity index (χ0) is 19.2. The molecule has 1 aromatic heterocycles. The smallest absolute Gasteiger partial charge is 0.291 e. The van der Waals surface area contributed by atoms with Gasteiger partial charge >= 0.3 is 0 Å². The average Bonchev–Trinajstić information content (AvgIpc) is 3.31. The minimum absolute atomic E-state index is 0.00223. The van der Waals surface area contributed by atoms with Crippen LogP contribution in [0.2, 0.25) is 0 Å². The highest BCUT2D eigenvalue weighted by atomic mass is 32.2. The molecule has 3 rings (SSSR count). The first kappa shape index (κ1) is 20.2. The summed E-state index contributed by atoms with van der Waals surface area (Å²) < 4.78 is 10.6. The average molecular weight is 396 g/mol. The molecule has 2 unspecified atom stereocenters. The molecule has 27 heavy (non-hydrogen) atoms. The highest BCUT2D eigenvalue weighted by Crippen LogP contribution is 2.34. The number of morpholine rings is 1. The van der Waals surface area contributed by atoms with Crippen molar-refractivity contribution in [3.8, 4) is 0 Å². The molecule has 2 aliphatic heterocycles. The fraction of sp³-hybridized carbons (Fsp3) is 0.684. The van der Waals surface area contributed by atoms with Crippen molar-refractivity contribution < 1.29 is 18.7 Å². The van der Waals surface area contributed by atoms with E-state index in [2.05, 4.69) is 24.1 Å². The van der Waals surface area contributed by atoms with Gasteiger partial charge in [0, 0.05) is 31.9 Å². The van der Waals surface area contributed by atoms with Gasteiger partial charge in [0.25, 0.3) is 5.91 Å². The molecule has 0 aromatic carbocycles. The lowest BCUT2D eigenvalue weighted by molar-refractivity contribution is -0.125. The second kappa shape index (κ2) is 9.61. The summed E-state index contributed by atoms with van der Waals surface area (Å²) in [4.78, 5) is 29.8. The number of carbonyl (C=O) groups is 2. The number of hydrogen-bond acceptors (Lipinski definition) is 6. The van der Waals surface area contributed by atoms with Crippen molar-refractivity contribution in [2.45, 2.75) is 31.7 Å². The summed E-state index contributed by atoms with van der Waals surface area (Å²) >= 11 is 1.68. The van der Waals surface area contributed by atoms with E-state index in [1.807, 2.05) is 0 Å². The summed E-state index contributed by atoms with van der Waals surface area (Å²) in [5, 5.41) is 3.01. The Balaban J connectivity index is 1.60. The van der Waals surface area contributed by atoms with Crippen LogP contribution >= 0.6 is 11.8 Å². The maximum absolute atomic E-state index is 13.0. The lowest BCUT2D eigenvalue weighted by atomic mass is 10.1. The number of thioether (sulfide) groups is 1. The minimum Gasteiger partial charge on any atom is -0.459 e. The van der Waals surface area contributed by atoms with E-state index in [1.54, 1.807) is 28.8 Å². The van der Waals surface area contributed by atoms with Crippen molar-refractivity contribution >= 4 is 23.6 Å². The first-order valence-corrected chi connectivity index (χ1v) is 10.7. The van der Waals surface area contributed by atoms with Crippen LogP contribution in [0.3, 0.4) is 0 Å². The number of rotatable bonds is 7. The van der Waals surface area contributed by atoms with E-state index in [-0.39, 0.29) is 22.9 Å². The van der Waals surface area contributed by atoms with Crippen molar-refractivity contribution in [3.05, 3.63) is 24.2 Å². The summed E-state index contributed by atoms with van der Waals surface area (Å²) in [6, 6.07) is 2.90. The fourth-order valence-corrected chi connectivity index (χ4v) is 5.07. The van der Waals surface area contributed by atoms with Crippen LogP contribution in [0.15, 0.2) is 22.8 Å². The standard InChI is InChI=1S/C19H29N3O4S/c1-14(2)12-17-22(19(24)16-4-3-9-26-16)15(13-27-17)18(23)20-5-6-21-7-10-25-11-8-21/h3-4,9,14-15,17H,5-8,10-13H2,1-2H3,(H,20,23). The summed E-state index contributed by atoms with van der Waals surface area (Å²) in [5.74, 6) is 1.06. The Bertz CT molecular complexity index is 616. The maximum atomic E-state index is 13.0. The highest BCUT2D eigenvalue weighted by molar-refractivity contribution is 8.00. The first-order chi connectivity index (χ1) is 13.1. The second-order valence-corrected chi connectivity index (χ2v) is 8.58. The molecule has 3 heterocycles. The van der Waals surface area contributed by atoms with Crippen molar-refractivity contribution in [1.29, 1.82) is 0 Å². The topological polar surface area (TPSA) is 75.0 Å². The summed E-state index contributed by atoms with van der Waals surface area (Å²) in [6.45, 7) is 8.93. The molecule has 0 radical (unpaired) electrons. The Labute approximate surface area is 164 Å². The van der Waals surface area contributed by atoms with Gasteiger partial charge in [-0.05, 0) is 24.5 Å². The molecule has 0 spiro atoms. The van der Waals surface area contributed by atoms with Gasteiger partial charge in [0.1, 0.15) is 6.04 Å². The van der Waals surface area contributed by atoms with Gasteiger partial charge in [0.05, 0.1) is 24.9 Å². The van der Waals surface area contributed by atoms with Crippen molar-refractivity contribution in [2.75, 3.05) is 45.1 Å². The Hall–Kier alpha value is -1.51. The van der Waals surface area contributed by atoms with Crippen LogP contribution in [-0.4, -0.2) is 78.2 Å².